The van der Waals surface area contributed by atoms with Gasteiger partial charge in [0.15, 0.2) is 0 Å². The molecule has 4 nitrogen and oxygen atoms in total. The van der Waals surface area contributed by atoms with Crippen molar-refractivity contribution in [3.05, 3.63) is 64.9 Å². The number of carbonyl (C=O) groups is 1. The van der Waals surface area contributed by atoms with E-state index in [4.69, 9.17) is 16.4 Å². The Labute approximate surface area is 126 Å². The highest BCUT2D eigenvalue weighted by Gasteiger charge is 2.02. The molecule has 0 atom stereocenters. The van der Waals surface area contributed by atoms with Gasteiger partial charge in [0, 0.05) is 0 Å². The fourth-order valence-electron chi connectivity index (χ4n) is 1.55. The van der Waals surface area contributed by atoms with Crippen LogP contribution in [0.25, 0.3) is 0 Å². The van der Waals surface area contributed by atoms with Crippen molar-refractivity contribution in [2.24, 2.45) is 5.16 Å². The molecule has 2 aromatic rings. The normalized spacial score (nSPS) is 10.6. The van der Waals surface area contributed by atoms with Crippen molar-refractivity contribution in [3.63, 3.8) is 0 Å². The van der Waals surface area contributed by atoms with E-state index in [2.05, 4.69) is 10.5 Å². The van der Waals surface area contributed by atoms with Gasteiger partial charge in [-0.2, -0.15) is 0 Å². The molecule has 2 rings (SSSR count). The maximum Gasteiger partial charge on any atom is 0.270 e. The Kier molecular flexibility index (Phi) is 5.29. The maximum absolute atomic E-state index is 12.9. The van der Waals surface area contributed by atoms with Crippen molar-refractivity contribution >= 4 is 29.4 Å². The van der Waals surface area contributed by atoms with Crippen LogP contribution in [0.4, 0.5) is 10.1 Å². The molecule has 0 saturated carbocycles. The standard InChI is InChI=1S/C15H12ClFN2O2/c16-13-6-1-2-7-14(13)19-15(20)9-18-21-10-11-4-3-5-12(17)8-11/h1-9H,10H2,(H,19,20). The summed E-state index contributed by atoms with van der Waals surface area (Å²) in [5.41, 5.74) is 1.11. The van der Waals surface area contributed by atoms with Gasteiger partial charge in [-0.25, -0.2) is 4.39 Å². The molecule has 0 heterocycles. The number of halogens is 2. The van der Waals surface area contributed by atoms with Crippen LogP contribution < -0.4 is 5.32 Å². The van der Waals surface area contributed by atoms with Gasteiger partial charge in [0.1, 0.15) is 18.6 Å². The third kappa shape index (κ3) is 4.89. The summed E-state index contributed by atoms with van der Waals surface area (Å²) in [6.07, 6.45) is 0.989. The highest BCUT2D eigenvalue weighted by Crippen LogP contribution is 2.19. The van der Waals surface area contributed by atoms with Gasteiger partial charge in [0.25, 0.3) is 5.91 Å². The summed E-state index contributed by atoms with van der Waals surface area (Å²) >= 11 is 5.90. The zero-order chi connectivity index (χ0) is 15.1. The van der Waals surface area contributed by atoms with Crippen LogP contribution in [-0.2, 0) is 16.2 Å². The molecule has 21 heavy (non-hydrogen) atoms. The number of anilines is 1. The molecular formula is C15H12ClFN2O2. The highest BCUT2D eigenvalue weighted by molar-refractivity contribution is 6.36. The lowest BCUT2D eigenvalue weighted by Crippen LogP contribution is -2.13. The summed E-state index contributed by atoms with van der Waals surface area (Å²) < 4.78 is 12.9. The van der Waals surface area contributed by atoms with Crippen LogP contribution in [0.1, 0.15) is 5.56 Å². The van der Waals surface area contributed by atoms with Crippen LogP contribution in [0.15, 0.2) is 53.7 Å². The molecule has 0 spiro atoms. The van der Waals surface area contributed by atoms with E-state index in [1.54, 1.807) is 36.4 Å². The summed E-state index contributed by atoms with van der Waals surface area (Å²) in [4.78, 5) is 16.5. The molecule has 1 N–H and O–H groups in total. The molecule has 2 aromatic carbocycles. The van der Waals surface area contributed by atoms with Gasteiger partial charge in [-0.3, -0.25) is 4.79 Å². The summed E-state index contributed by atoms with van der Waals surface area (Å²) in [5, 5.41) is 6.51. The van der Waals surface area contributed by atoms with E-state index in [1.165, 1.54) is 12.1 Å². The molecule has 0 aliphatic rings. The minimum atomic E-state index is -0.470. The lowest BCUT2D eigenvalue weighted by atomic mass is 10.2. The van der Waals surface area contributed by atoms with E-state index in [9.17, 15) is 9.18 Å². The lowest BCUT2D eigenvalue weighted by molar-refractivity contribution is -0.110. The fourth-order valence-corrected chi connectivity index (χ4v) is 1.73. The Balaban J connectivity index is 1.82. The number of benzene rings is 2. The Bertz CT molecular complexity index is 662. The maximum atomic E-state index is 12.9. The summed E-state index contributed by atoms with van der Waals surface area (Å²) in [6.45, 7) is 0.0770. The second kappa shape index (κ2) is 7.40. The number of nitrogens with zero attached hydrogens (tertiary/aromatic N) is 1. The average molecular weight is 307 g/mol. The molecule has 0 radical (unpaired) electrons. The van der Waals surface area contributed by atoms with Gasteiger partial charge >= 0.3 is 0 Å². The van der Waals surface area contributed by atoms with E-state index in [0.29, 0.717) is 16.3 Å². The van der Waals surface area contributed by atoms with Crippen LogP contribution in [0.5, 0.6) is 0 Å². The van der Waals surface area contributed by atoms with E-state index in [-0.39, 0.29) is 12.4 Å². The predicted molar refractivity (Wildman–Crippen MR) is 79.8 cm³/mol. The summed E-state index contributed by atoms with van der Waals surface area (Å²) in [7, 11) is 0. The van der Waals surface area contributed by atoms with Gasteiger partial charge in [-0.1, -0.05) is 41.0 Å². The number of para-hydroxylation sites is 1. The van der Waals surface area contributed by atoms with Crippen molar-refractivity contribution in [1.82, 2.24) is 0 Å². The molecule has 0 bridgehead atoms. The highest BCUT2D eigenvalue weighted by atomic mass is 35.5. The quantitative estimate of drug-likeness (QED) is 0.677. The second-order valence-electron chi connectivity index (χ2n) is 4.11. The molecule has 6 heteroatoms. The largest absolute Gasteiger partial charge is 0.391 e. The zero-order valence-electron chi connectivity index (χ0n) is 10.9. The molecule has 0 aromatic heterocycles. The van der Waals surface area contributed by atoms with Crippen molar-refractivity contribution in [2.75, 3.05) is 5.32 Å². The first kappa shape index (κ1) is 15.0. The Morgan fingerprint density at radius 2 is 2.10 bits per heavy atom. The first-order valence-electron chi connectivity index (χ1n) is 6.10. The number of amides is 1. The van der Waals surface area contributed by atoms with Crippen molar-refractivity contribution in [3.8, 4) is 0 Å². The molecular weight excluding hydrogens is 295 g/mol. The van der Waals surface area contributed by atoms with Gasteiger partial charge in [0.05, 0.1) is 10.7 Å². The Hall–Kier alpha value is -2.40. The smallest absolute Gasteiger partial charge is 0.270 e. The van der Waals surface area contributed by atoms with E-state index in [0.717, 1.165) is 6.21 Å². The van der Waals surface area contributed by atoms with Crippen LogP contribution in [0.3, 0.4) is 0 Å². The van der Waals surface area contributed by atoms with Crippen LogP contribution in [-0.4, -0.2) is 12.1 Å². The zero-order valence-corrected chi connectivity index (χ0v) is 11.7. The Morgan fingerprint density at radius 1 is 1.29 bits per heavy atom. The fraction of sp³-hybridized carbons (Fsp3) is 0.0667. The Morgan fingerprint density at radius 3 is 2.86 bits per heavy atom. The minimum Gasteiger partial charge on any atom is -0.391 e. The third-order valence-electron chi connectivity index (χ3n) is 2.50. The topological polar surface area (TPSA) is 50.7 Å². The molecule has 0 saturated heterocycles. The van der Waals surface area contributed by atoms with Crippen molar-refractivity contribution in [2.45, 2.75) is 6.61 Å². The monoisotopic (exact) mass is 306 g/mol. The predicted octanol–water partition coefficient (Wildman–Crippen LogP) is 3.62. The summed E-state index contributed by atoms with van der Waals surface area (Å²) in [5.74, 6) is -0.820. The molecule has 108 valence electrons. The summed E-state index contributed by atoms with van der Waals surface area (Å²) in [6, 6.07) is 12.8. The molecule has 1 amide bonds. The lowest BCUT2D eigenvalue weighted by Gasteiger charge is -2.03. The molecule has 0 aliphatic heterocycles. The van der Waals surface area contributed by atoms with E-state index >= 15 is 0 Å². The first-order chi connectivity index (χ1) is 10.1. The van der Waals surface area contributed by atoms with Crippen LogP contribution in [0, 0.1) is 5.82 Å². The van der Waals surface area contributed by atoms with E-state index < -0.39 is 5.91 Å². The number of carbonyl (C=O) groups excluding carboxylic acids is 1. The minimum absolute atomic E-state index is 0.0770. The van der Waals surface area contributed by atoms with Gasteiger partial charge in [0.2, 0.25) is 0 Å². The van der Waals surface area contributed by atoms with Gasteiger partial charge < -0.3 is 10.2 Å². The average Bonchev–Trinajstić information content (AvgIpc) is 2.46. The van der Waals surface area contributed by atoms with Crippen LogP contribution in [0.2, 0.25) is 5.02 Å². The molecule has 0 unspecified atom stereocenters. The molecule has 0 aliphatic carbocycles. The first-order valence-corrected chi connectivity index (χ1v) is 6.48. The van der Waals surface area contributed by atoms with E-state index in [1.807, 2.05) is 0 Å². The SMILES string of the molecule is O=C(C=NOCc1cccc(F)c1)Nc1ccccc1Cl. The number of hydrogen-bond donors (Lipinski definition) is 1. The third-order valence-corrected chi connectivity index (χ3v) is 2.83. The molecule has 0 fully saturated rings. The second-order valence-corrected chi connectivity index (χ2v) is 4.51. The number of rotatable bonds is 5. The number of oxime groups is 1. The van der Waals surface area contributed by atoms with Crippen molar-refractivity contribution in [1.29, 1.82) is 0 Å². The van der Waals surface area contributed by atoms with Crippen LogP contribution >= 0.6 is 11.6 Å². The number of nitrogens with one attached hydrogen (secondary N) is 1. The van der Waals surface area contributed by atoms with Gasteiger partial charge in [-0.15, -0.1) is 0 Å². The van der Waals surface area contributed by atoms with Crippen molar-refractivity contribution < 1.29 is 14.0 Å². The van der Waals surface area contributed by atoms with Gasteiger partial charge in [-0.05, 0) is 29.8 Å². The number of hydrogen-bond acceptors (Lipinski definition) is 3.